The SMILES string of the molecule is CC(C)CSc1cc(SCC(C)C)cc(SCC(C)C)c1. The predicted molar refractivity (Wildman–Crippen MR) is 103 cm³/mol. The fraction of sp³-hybridized carbons (Fsp3) is 0.667. The molecule has 120 valence electrons. The van der Waals surface area contributed by atoms with Crippen LogP contribution in [0, 0.1) is 17.8 Å². The van der Waals surface area contributed by atoms with E-state index >= 15 is 0 Å². The van der Waals surface area contributed by atoms with Crippen molar-refractivity contribution in [3.63, 3.8) is 0 Å². The maximum atomic E-state index is 2.37. The first-order valence-corrected chi connectivity index (χ1v) is 10.9. The van der Waals surface area contributed by atoms with E-state index in [9.17, 15) is 0 Å². The van der Waals surface area contributed by atoms with Gasteiger partial charge in [-0.1, -0.05) is 41.5 Å². The van der Waals surface area contributed by atoms with Crippen molar-refractivity contribution in [1.82, 2.24) is 0 Å². The maximum Gasteiger partial charge on any atom is 0.00943 e. The third-order valence-electron chi connectivity index (χ3n) is 2.60. The van der Waals surface area contributed by atoms with Gasteiger partial charge >= 0.3 is 0 Å². The summed E-state index contributed by atoms with van der Waals surface area (Å²) in [4.78, 5) is 4.30. The Labute approximate surface area is 144 Å². The molecule has 0 unspecified atom stereocenters. The highest BCUT2D eigenvalue weighted by molar-refractivity contribution is 8.00. The van der Waals surface area contributed by atoms with Gasteiger partial charge in [0.2, 0.25) is 0 Å². The minimum atomic E-state index is 0.744. The van der Waals surface area contributed by atoms with E-state index < -0.39 is 0 Å². The Morgan fingerprint density at radius 2 is 0.810 bits per heavy atom. The molecule has 0 amide bonds. The highest BCUT2D eigenvalue weighted by Crippen LogP contribution is 2.33. The largest absolute Gasteiger partial charge is 0.126 e. The van der Waals surface area contributed by atoms with Crippen molar-refractivity contribution in [2.75, 3.05) is 17.3 Å². The lowest BCUT2D eigenvalue weighted by atomic mass is 10.3. The summed E-state index contributed by atoms with van der Waals surface area (Å²) in [5.74, 6) is 5.84. The average molecular weight is 343 g/mol. The summed E-state index contributed by atoms with van der Waals surface area (Å²) in [6, 6.07) is 7.12. The van der Waals surface area contributed by atoms with Crippen LogP contribution in [0.4, 0.5) is 0 Å². The zero-order chi connectivity index (χ0) is 15.8. The van der Waals surface area contributed by atoms with E-state index in [4.69, 9.17) is 0 Å². The molecule has 0 aliphatic heterocycles. The van der Waals surface area contributed by atoms with E-state index in [1.807, 2.05) is 35.3 Å². The molecule has 0 aliphatic carbocycles. The Kier molecular flexibility index (Phi) is 9.31. The van der Waals surface area contributed by atoms with Gasteiger partial charge in [-0.05, 0) is 36.0 Å². The van der Waals surface area contributed by atoms with Crippen molar-refractivity contribution in [3.8, 4) is 0 Å². The predicted octanol–water partition coefficient (Wildman–Crippen LogP) is 6.93. The van der Waals surface area contributed by atoms with Crippen LogP contribution >= 0.6 is 35.3 Å². The Morgan fingerprint density at radius 1 is 0.571 bits per heavy atom. The van der Waals surface area contributed by atoms with Crippen molar-refractivity contribution in [3.05, 3.63) is 18.2 Å². The van der Waals surface area contributed by atoms with Crippen LogP contribution in [0.1, 0.15) is 41.5 Å². The molecule has 0 nitrogen and oxygen atoms in total. The van der Waals surface area contributed by atoms with E-state index in [2.05, 4.69) is 59.7 Å². The van der Waals surface area contributed by atoms with Gasteiger partial charge in [0.05, 0.1) is 0 Å². The molecule has 1 rings (SSSR count). The van der Waals surface area contributed by atoms with Crippen LogP contribution in [-0.2, 0) is 0 Å². The Balaban J connectivity index is 2.79. The highest BCUT2D eigenvalue weighted by atomic mass is 32.2. The van der Waals surface area contributed by atoms with Crippen LogP contribution in [0.5, 0.6) is 0 Å². The van der Waals surface area contributed by atoms with Crippen LogP contribution in [-0.4, -0.2) is 17.3 Å². The lowest BCUT2D eigenvalue weighted by Crippen LogP contribution is -1.94. The van der Waals surface area contributed by atoms with Crippen molar-refractivity contribution in [2.45, 2.75) is 56.2 Å². The van der Waals surface area contributed by atoms with Crippen molar-refractivity contribution >= 4 is 35.3 Å². The van der Waals surface area contributed by atoms with Crippen molar-refractivity contribution in [2.24, 2.45) is 17.8 Å². The molecule has 3 heteroatoms. The summed E-state index contributed by atoms with van der Waals surface area (Å²) >= 11 is 6.00. The molecular formula is C18H30S3. The van der Waals surface area contributed by atoms with Gasteiger partial charge in [-0.25, -0.2) is 0 Å². The van der Waals surface area contributed by atoms with Crippen LogP contribution in [0.3, 0.4) is 0 Å². The van der Waals surface area contributed by atoms with Crippen molar-refractivity contribution < 1.29 is 0 Å². The molecule has 21 heavy (non-hydrogen) atoms. The summed E-state index contributed by atoms with van der Waals surface area (Å²) in [7, 11) is 0. The second kappa shape index (κ2) is 10.1. The number of thioether (sulfide) groups is 3. The molecule has 0 spiro atoms. The van der Waals surface area contributed by atoms with Crippen LogP contribution in [0.2, 0.25) is 0 Å². The molecule has 0 bridgehead atoms. The number of rotatable bonds is 9. The lowest BCUT2D eigenvalue weighted by Gasteiger charge is -2.12. The molecule has 0 aromatic heterocycles. The van der Waals surface area contributed by atoms with E-state index in [0.717, 1.165) is 17.8 Å². The third kappa shape index (κ3) is 9.10. The molecule has 0 radical (unpaired) electrons. The van der Waals surface area contributed by atoms with Gasteiger partial charge in [0.25, 0.3) is 0 Å². The molecule has 0 saturated heterocycles. The highest BCUT2D eigenvalue weighted by Gasteiger charge is 2.06. The summed E-state index contributed by atoms with van der Waals surface area (Å²) < 4.78 is 0. The van der Waals surface area contributed by atoms with E-state index in [-0.39, 0.29) is 0 Å². The maximum absolute atomic E-state index is 2.37. The molecule has 0 fully saturated rings. The van der Waals surface area contributed by atoms with Crippen LogP contribution in [0.15, 0.2) is 32.9 Å². The first-order chi connectivity index (χ1) is 9.86. The van der Waals surface area contributed by atoms with Gasteiger partial charge in [-0.3, -0.25) is 0 Å². The molecule has 0 heterocycles. The first kappa shape index (κ1) is 19.3. The Hall–Kier alpha value is 0.270. The molecule has 1 aromatic carbocycles. The summed E-state index contributed by atoms with van der Waals surface area (Å²) in [5, 5.41) is 0. The number of hydrogen-bond donors (Lipinski definition) is 0. The minimum absolute atomic E-state index is 0.744. The average Bonchev–Trinajstić information content (AvgIpc) is 2.40. The van der Waals surface area contributed by atoms with Gasteiger partial charge in [0.1, 0.15) is 0 Å². The van der Waals surface area contributed by atoms with Gasteiger partial charge in [-0.15, -0.1) is 35.3 Å². The van der Waals surface area contributed by atoms with E-state index in [1.54, 1.807) is 0 Å². The zero-order valence-electron chi connectivity index (χ0n) is 14.3. The number of hydrogen-bond acceptors (Lipinski definition) is 3. The van der Waals surface area contributed by atoms with Gasteiger partial charge in [0, 0.05) is 31.9 Å². The normalized spacial score (nSPS) is 11.9. The molecule has 0 atom stereocenters. The van der Waals surface area contributed by atoms with E-state index in [0.29, 0.717) is 0 Å². The van der Waals surface area contributed by atoms with Gasteiger partial charge in [-0.2, -0.15) is 0 Å². The molecule has 0 aliphatic rings. The van der Waals surface area contributed by atoms with Crippen LogP contribution < -0.4 is 0 Å². The zero-order valence-corrected chi connectivity index (χ0v) is 16.8. The fourth-order valence-electron chi connectivity index (χ4n) is 1.58. The molecule has 0 N–H and O–H groups in total. The topological polar surface area (TPSA) is 0 Å². The van der Waals surface area contributed by atoms with E-state index in [1.165, 1.54) is 31.9 Å². The Bertz CT molecular complexity index is 337. The summed E-state index contributed by atoms with van der Waals surface area (Å²) in [6.07, 6.45) is 0. The van der Waals surface area contributed by atoms with Crippen LogP contribution in [0.25, 0.3) is 0 Å². The minimum Gasteiger partial charge on any atom is -0.126 e. The molecule has 0 saturated carbocycles. The first-order valence-electron chi connectivity index (χ1n) is 7.90. The summed E-state index contributed by atoms with van der Waals surface area (Å²) in [5.41, 5.74) is 0. The smallest absolute Gasteiger partial charge is 0.00943 e. The van der Waals surface area contributed by atoms with Crippen molar-refractivity contribution in [1.29, 1.82) is 0 Å². The molecule has 1 aromatic rings. The standard InChI is InChI=1S/C18H30S3/c1-13(2)10-19-16-7-17(20-11-14(3)4)9-18(8-16)21-12-15(5)6/h7-9,13-15H,10-12H2,1-6H3. The van der Waals surface area contributed by atoms with Gasteiger partial charge < -0.3 is 0 Å². The monoisotopic (exact) mass is 342 g/mol. The van der Waals surface area contributed by atoms with Gasteiger partial charge in [0.15, 0.2) is 0 Å². The third-order valence-corrected chi connectivity index (χ3v) is 6.81. The quantitative estimate of drug-likeness (QED) is 0.446. The molecular weight excluding hydrogens is 312 g/mol. The lowest BCUT2D eigenvalue weighted by molar-refractivity contribution is 0.749. The summed E-state index contributed by atoms with van der Waals surface area (Å²) in [6.45, 7) is 13.7. The fourth-order valence-corrected chi connectivity index (χ4v) is 4.65. The number of benzene rings is 1. The second-order valence-electron chi connectivity index (χ2n) is 6.75. The second-order valence-corrected chi connectivity index (χ2v) is 10.0. The Morgan fingerprint density at radius 3 is 1.00 bits per heavy atom.